The second-order valence-electron chi connectivity index (χ2n) is 4.89. The summed E-state index contributed by atoms with van der Waals surface area (Å²) in [6.07, 6.45) is 1.18. The molecule has 0 spiro atoms. The number of hydrogen-bond donors (Lipinski definition) is 2. The van der Waals surface area contributed by atoms with Gasteiger partial charge in [0.15, 0.2) is 0 Å². The van der Waals surface area contributed by atoms with Crippen molar-refractivity contribution in [3.05, 3.63) is 67.0 Å². The molecular formula is C15H18N2O2. The van der Waals surface area contributed by atoms with Crippen molar-refractivity contribution in [2.75, 3.05) is 0 Å². The monoisotopic (exact) mass is 258 g/mol. The van der Waals surface area contributed by atoms with E-state index in [2.05, 4.69) is 28.2 Å². The van der Waals surface area contributed by atoms with E-state index < -0.39 is 5.69 Å². The third-order valence-corrected chi connectivity index (χ3v) is 3.15. The summed E-state index contributed by atoms with van der Waals surface area (Å²) in [5.74, 6) is 0. The molecule has 0 fully saturated rings. The Morgan fingerprint density at radius 3 is 2.21 bits per heavy atom. The fourth-order valence-corrected chi connectivity index (χ4v) is 2.46. The molecule has 1 heterocycles. The molecule has 0 radical (unpaired) electrons. The van der Waals surface area contributed by atoms with Gasteiger partial charge in [0.2, 0.25) is 0 Å². The smallest absolute Gasteiger partial charge is 0.311 e. The lowest BCUT2D eigenvalue weighted by Gasteiger charge is -2.08. The van der Waals surface area contributed by atoms with E-state index in [1.54, 1.807) is 0 Å². The average molecular weight is 258 g/mol. The fourth-order valence-electron chi connectivity index (χ4n) is 2.46. The van der Waals surface area contributed by atoms with Gasteiger partial charge in [0, 0.05) is 17.7 Å². The standard InChI is InChI=1S/C15H18N2O2/c1-4-12-13(16-15(19)17-14(12)18)8-11-6-9(2)5-10(3)7-11/h5-7H,4,8H2,1-3H3,(H2,16,17,18,19). The summed E-state index contributed by atoms with van der Waals surface area (Å²) < 4.78 is 0. The Bertz CT molecular complexity index is 691. The van der Waals surface area contributed by atoms with E-state index in [9.17, 15) is 9.59 Å². The van der Waals surface area contributed by atoms with Gasteiger partial charge in [-0.3, -0.25) is 9.78 Å². The van der Waals surface area contributed by atoms with Crippen molar-refractivity contribution in [2.45, 2.75) is 33.6 Å². The molecule has 1 aromatic heterocycles. The molecule has 0 bridgehead atoms. The van der Waals surface area contributed by atoms with E-state index in [1.165, 1.54) is 11.1 Å². The third kappa shape index (κ3) is 3.02. The molecule has 100 valence electrons. The molecule has 0 unspecified atom stereocenters. The van der Waals surface area contributed by atoms with Crippen LogP contribution < -0.4 is 11.2 Å². The minimum absolute atomic E-state index is 0.286. The van der Waals surface area contributed by atoms with Crippen LogP contribution in [0, 0.1) is 13.8 Å². The zero-order chi connectivity index (χ0) is 14.0. The summed E-state index contributed by atoms with van der Waals surface area (Å²) >= 11 is 0. The molecule has 19 heavy (non-hydrogen) atoms. The van der Waals surface area contributed by atoms with Gasteiger partial charge in [-0.15, -0.1) is 0 Å². The van der Waals surface area contributed by atoms with Crippen LogP contribution in [0.3, 0.4) is 0 Å². The number of rotatable bonds is 3. The Kier molecular flexibility index (Phi) is 3.69. The SMILES string of the molecule is CCc1c(Cc2cc(C)cc(C)c2)[nH]c(=O)[nH]c1=O. The van der Waals surface area contributed by atoms with Gasteiger partial charge in [0.1, 0.15) is 0 Å². The molecule has 1 aromatic carbocycles. The maximum absolute atomic E-state index is 11.7. The average Bonchev–Trinajstić information content (AvgIpc) is 2.26. The number of nitrogens with one attached hydrogen (secondary N) is 2. The van der Waals surface area contributed by atoms with Crippen LogP contribution in [0.2, 0.25) is 0 Å². The highest BCUT2D eigenvalue weighted by Gasteiger charge is 2.08. The van der Waals surface area contributed by atoms with Crippen molar-refractivity contribution >= 4 is 0 Å². The molecule has 0 aliphatic rings. The Balaban J connectivity index is 2.48. The third-order valence-electron chi connectivity index (χ3n) is 3.15. The molecule has 0 amide bonds. The van der Waals surface area contributed by atoms with E-state index in [0.29, 0.717) is 24.1 Å². The molecule has 4 nitrogen and oxygen atoms in total. The summed E-state index contributed by atoms with van der Waals surface area (Å²) in [5, 5.41) is 0. The summed E-state index contributed by atoms with van der Waals surface area (Å²) in [4.78, 5) is 28.1. The molecule has 0 aliphatic heterocycles. The van der Waals surface area contributed by atoms with E-state index in [1.807, 2.05) is 20.8 Å². The number of aryl methyl sites for hydroxylation is 2. The second kappa shape index (κ2) is 5.26. The molecule has 0 atom stereocenters. The second-order valence-corrected chi connectivity index (χ2v) is 4.89. The molecule has 4 heteroatoms. The van der Waals surface area contributed by atoms with Gasteiger partial charge in [0.05, 0.1) is 0 Å². The molecule has 0 saturated carbocycles. The van der Waals surface area contributed by atoms with Crippen molar-refractivity contribution in [2.24, 2.45) is 0 Å². The topological polar surface area (TPSA) is 65.7 Å². The molecule has 2 aromatic rings. The van der Waals surface area contributed by atoms with Gasteiger partial charge in [-0.1, -0.05) is 36.2 Å². The Labute approximate surface area is 111 Å². The quantitative estimate of drug-likeness (QED) is 0.882. The molecule has 2 rings (SSSR count). The van der Waals surface area contributed by atoms with Crippen LogP contribution in [0.15, 0.2) is 27.8 Å². The molecule has 2 N–H and O–H groups in total. The maximum atomic E-state index is 11.7. The Morgan fingerprint density at radius 2 is 1.63 bits per heavy atom. The largest absolute Gasteiger partial charge is 0.325 e. The highest BCUT2D eigenvalue weighted by atomic mass is 16.2. The number of H-pyrrole nitrogens is 2. The summed E-state index contributed by atoms with van der Waals surface area (Å²) in [7, 11) is 0. The molecule has 0 aliphatic carbocycles. The summed E-state index contributed by atoms with van der Waals surface area (Å²) in [5.41, 5.74) is 4.10. The highest BCUT2D eigenvalue weighted by molar-refractivity contribution is 5.32. The van der Waals surface area contributed by atoms with Crippen LogP contribution in [0.5, 0.6) is 0 Å². The van der Waals surface area contributed by atoms with Crippen LogP contribution >= 0.6 is 0 Å². The Morgan fingerprint density at radius 1 is 1.00 bits per heavy atom. The number of aromatic nitrogens is 2. The van der Waals surface area contributed by atoms with Gasteiger partial charge in [-0.05, 0) is 25.8 Å². The van der Waals surface area contributed by atoms with Gasteiger partial charge in [0.25, 0.3) is 5.56 Å². The molecular weight excluding hydrogens is 240 g/mol. The first-order chi connectivity index (χ1) is 8.99. The van der Waals surface area contributed by atoms with Gasteiger partial charge >= 0.3 is 5.69 Å². The first-order valence-electron chi connectivity index (χ1n) is 6.41. The zero-order valence-corrected chi connectivity index (χ0v) is 11.5. The lowest BCUT2D eigenvalue weighted by Crippen LogP contribution is -2.28. The lowest BCUT2D eigenvalue weighted by atomic mass is 10.0. The van der Waals surface area contributed by atoms with Crippen LogP contribution in [0.25, 0.3) is 0 Å². The predicted octanol–water partition coefficient (Wildman–Crippen LogP) is 1.83. The minimum atomic E-state index is -0.443. The van der Waals surface area contributed by atoms with Gasteiger partial charge in [-0.2, -0.15) is 0 Å². The van der Waals surface area contributed by atoms with Crippen molar-refractivity contribution in [3.8, 4) is 0 Å². The minimum Gasteiger partial charge on any atom is -0.311 e. The zero-order valence-electron chi connectivity index (χ0n) is 11.5. The Hall–Kier alpha value is -2.10. The van der Waals surface area contributed by atoms with E-state index >= 15 is 0 Å². The van der Waals surface area contributed by atoms with E-state index in [4.69, 9.17) is 0 Å². The summed E-state index contributed by atoms with van der Waals surface area (Å²) in [6, 6.07) is 6.25. The van der Waals surface area contributed by atoms with Crippen LogP contribution in [0.1, 0.15) is 34.9 Å². The predicted molar refractivity (Wildman–Crippen MR) is 75.8 cm³/mol. The van der Waals surface area contributed by atoms with Crippen molar-refractivity contribution in [3.63, 3.8) is 0 Å². The van der Waals surface area contributed by atoms with Gasteiger partial charge < -0.3 is 4.98 Å². The first kappa shape index (κ1) is 13.3. The molecule has 0 saturated heterocycles. The first-order valence-corrected chi connectivity index (χ1v) is 6.41. The van der Waals surface area contributed by atoms with Crippen molar-refractivity contribution in [1.82, 2.24) is 9.97 Å². The highest BCUT2D eigenvalue weighted by Crippen LogP contribution is 2.13. The van der Waals surface area contributed by atoms with Crippen LogP contribution in [0.4, 0.5) is 0 Å². The van der Waals surface area contributed by atoms with Crippen LogP contribution in [-0.2, 0) is 12.8 Å². The van der Waals surface area contributed by atoms with Gasteiger partial charge in [-0.25, -0.2) is 4.79 Å². The number of aromatic amines is 2. The maximum Gasteiger partial charge on any atom is 0.325 e. The van der Waals surface area contributed by atoms with E-state index in [-0.39, 0.29) is 5.56 Å². The van der Waals surface area contributed by atoms with Crippen molar-refractivity contribution in [1.29, 1.82) is 0 Å². The lowest BCUT2D eigenvalue weighted by molar-refractivity contribution is 0.888. The van der Waals surface area contributed by atoms with Crippen molar-refractivity contribution < 1.29 is 0 Å². The van der Waals surface area contributed by atoms with E-state index in [0.717, 1.165) is 5.56 Å². The normalized spacial score (nSPS) is 10.7. The van der Waals surface area contributed by atoms with Crippen LogP contribution in [-0.4, -0.2) is 9.97 Å². The number of hydrogen-bond acceptors (Lipinski definition) is 2. The summed E-state index contributed by atoms with van der Waals surface area (Å²) in [6.45, 7) is 5.99. The number of benzene rings is 1. The fraction of sp³-hybridized carbons (Fsp3) is 0.333.